The first-order chi connectivity index (χ1) is 10.7. The minimum atomic E-state index is 0.449. The Kier molecular flexibility index (Phi) is 5.10. The smallest absolute Gasteiger partial charge is 0.119 e. The summed E-state index contributed by atoms with van der Waals surface area (Å²) in [5.74, 6) is 1.77. The summed E-state index contributed by atoms with van der Waals surface area (Å²) in [7, 11) is 0. The summed E-state index contributed by atoms with van der Waals surface area (Å²) < 4.78 is 6.26. The fourth-order valence-corrected chi connectivity index (χ4v) is 4.72. The van der Waals surface area contributed by atoms with E-state index in [1.54, 1.807) is 0 Å². The normalized spacial score (nSPS) is 21.6. The molecule has 3 rings (SSSR count). The Labute approximate surface area is 136 Å². The van der Waals surface area contributed by atoms with Gasteiger partial charge in [0.25, 0.3) is 0 Å². The Morgan fingerprint density at radius 1 is 0.955 bits per heavy atom. The van der Waals surface area contributed by atoms with E-state index in [0.717, 1.165) is 5.75 Å². The van der Waals surface area contributed by atoms with Gasteiger partial charge >= 0.3 is 0 Å². The van der Waals surface area contributed by atoms with Crippen molar-refractivity contribution in [2.24, 2.45) is 5.41 Å². The molecule has 0 heterocycles. The molecule has 1 aromatic carbocycles. The van der Waals surface area contributed by atoms with Crippen molar-refractivity contribution in [3.05, 3.63) is 29.8 Å². The Morgan fingerprint density at radius 3 is 2.09 bits per heavy atom. The van der Waals surface area contributed by atoms with Crippen LogP contribution in [0.4, 0.5) is 0 Å². The molecule has 0 aliphatic heterocycles. The predicted molar refractivity (Wildman–Crippen MR) is 93.6 cm³/mol. The van der Waals surface area contributed by atoms with Gasteiger partial charge in [-0.1, -0.05) is 38.8 Å². The van der Waals surface area contributed by atoms with Crippen molar-refractivity contribution >= 4 is 0 Å². The van der Waals surface area contributed by atoms with E-state index in [-0.39, 0.29) is 0 Å². The zero-order chi connectivity index (χ0) is 15.4. The van der Waals surface area contributed by atoms with Crippen molar-refractivity contribution in [2.45, 2.75) is 90.1 Å². The molecule has 0 radical (unpaired) electrons. The summed E-state index contributed by atoms with van der Waals surface area (Å²) in [6.45, 7) is 4.55. The molecular weight excluding hydrogens is 268 g/mol. The summed E-state index contributed by atoms with van der Waals surface area (Å²) in [6.07, 6.45) is 14.1. The molecule has 1 heteroatoms. The van der Waals surface area contributed by atoms with Crippen LogP contribution in [0.2, 0.25) is 0 Å². The number of hydrogen-bond donors (Lipinski definition) is 0. The Morgan fingerprint density at radius 2 is 1.55 bits per heavy atom. The maximum absolute atomic E-state index is 6.26. The van der Waals surface area contributed by atoms with E-state index in [9.17, 15) is 0 Å². The van der Waals surface area contributed by atoms with Gasteiger partial charge in [-0.15, -0.1) is 0 Å². The molecule has 1 spiro atoms. The molecule has 1 aromatic rings. The second kappa shape index (κ2) is 7.06. The Hall–Kier alpha value is -0.980. The van der Waals surface area contributed by atoms with Crippen LogP contribution in [0, 0.1) is 5.41 Å². The molecule has 2 aliphatic carbocycles. The van der Waals surface area contributed by atoms with Gasteiger partial charge in [0.2, 0.25) is 0 Å². The highest BCUT2D eigenvalue weighted by atomic mass is 16.5. The fourth-order valence-electron chi connectivity index (χ4n) is 4.72. The predicted octanol–water partition coefficient (Wildman–Crippen LogP) is 6.47. The van der Waals surface area contributed by atoms with Crippen LogP contribution in [-0.2, 0) is 0 Å². The van der Waals surface area contributed by atoms with E-state index < -0.39 is 0 Å². The van der Waals surface area contributed by atoms with Gasteiger partial charge in [-0.05, 0) is 80.4 Å². The average Bonchev–Trinajstić information content (AvgIpc) is 3.01. The van der Waals surface area contributed by atoms with Crippen molar-refractivity contribution in [1.29, 1.82) is 0 Å². The maximum atomic E-state index is 6.26. The summed E-state index contributed by atoms with van der Waals surface area (Å²) in [6, 6.07) is 8.92. The first-order valence-corrected chi connectivity index (χ1v) is 9.51. The second-order valence-corrected chi connectivity index (χ2v) is 7.61. The maximum Gasteiger partial charge on any atom is 0.119 e. The quantitative estimate of drug-likeness (QED) is 0.605. The highest BCUT2D eigenvalue weighted by molar-refractivity contribution is 5.29. The van der Waals surface area contributed by atoms with Crippen molar-refractivity contribution in [2.75, 3.05) is 0 Å². The number of ether oxygens (including phenoxy) is 1. The van der Waals surface area contributed by atoms with E-state index in [0.29, 0.717) is 17.4 Å². The van der Waals surface area contributed by atoms with Gasteiger partial charge < -0.3 is 4.74 Å². The third-order valence-corrected chi connectivity index (χ3v) is 6.30. The van der Waals surface area contributed by atoms with Crippen molar-refractivity contribution in [1.82, 2.24) is 0 Å². The number of hydrogen-bond acceptors (Lipinski definition) is 1. The van der Waals surface area contributed by atoms with Gasteiger partial charge in [-0.25, -0.2) is 0 Å². The van der Waals surface area contributed by atoms with E-state index in [1.165, 1.54) is 69.8 Å². The number of rotatable bonds is 5. The Balaban J connectivity index is 1.53. The van der Waals surface area contributed by atoms with Crippen molar-refractivity contribution in [3.8, 4) is 5.75 Å². The molecule has 2 fully saturated rings. The Bertz CT molecular complexity index is 441. The molecule has 0 amide bonds. The standard InChI is InChI=1S/C21H32O/c1-3-17(4-2)18-7-9-19(10-8-18)22-20-11-15-21(16-12-20)13-5-6-14-21/h7-10,17,20H,3-6,11-16H2,1-2H3. The third kappa shape index (κ3) is 3.50. The minimum Gasteiger partial charge on any atom is -0.490 e. The van der Waals surface area contributed by atoms with E-state index in [1.807, 2.05) is 0 Å². The highest BCUT2D eigenvalue weighted by Gasteiger charge is 2.37. The van der Waals surface area contributed by atoms with E-state index >= 15 is 0 Å². The van der Waals surface area contributed by atoms with Gasteiger partial charge in [0, 0.05) is 0 Å². The lowest BCUT2D eigenvalue weighted by Crippen LogP contribution is -2.30. The molecule has 0 N–H and O–H groups in total. The SMILES string of the molecule is CCC(CC)c1ccc(OC2CCC3(CCCC3)CC2)cc1. The minimum absolute atomic E-state index is 0.449. The molecule has 2 saturated carbocycles. The van der Waals surface area contributed by atoms with E-state index in [2.05, 4.69) is 38.1 Å². The zero-order valence-corrected chi connectivity index (χ0v) is 14.4. The van der Waals surface area contributed by atoms with E-state index in [4.69, 9.17) is 4.74 Å². The first-order valence-electron chi connectivity index (χ1n) is 9.51. The molecule has 1 nitrogen and oxygen atoms in total. The fraction of sp³-hybridized carbons (Fsp3) is 0.714. The lowest BCUT2D eigenvalue weighted by atomic mass is 9.72. The lowest BCUT2D eigenvalue weighted by Gasteiger charge is -2.37. The largest absolute Gasteiger partial charge is 0.490 e. The topological polar surface area (TPSA) is 9.23 Å². The zero-order valence-electron chi connectivity index (χ0n) is 14.4. The average molecular weight is 300 g/mol. The van der Waals surface area contributed by atoms with Gasteiger partial charge in [0.1, 0.15) is 5.75 Å². The summed E-state index contributed by atoms with van der Waals surface area (Å²) in [5.41, 5.74) is 2.17. The lowest BCUT2D eigenvalue weighted by molar-refractivity contribution is 0.0824. The van der Waals surface area contributed by atoms with Crippen LogP contribution >= 0.6 is 0 Å². The second-order valence-electron chi connectivity index (χ2n) is 7.61. The summed E-state index contributed by atoms with van der Waals surface area (Å²) in [4.78, 5) is 0. The van der Waals surface area contributed by atoms with Crippen LogP contribution in [0.5, 0.6) is 5.75 Å². The summed E-state index contributed by atoms with van der Waals surface area (Å²) in [5, 5.41) is 0. The van der Waals surface area contributed by atoms with Crippen molar-refractivity contribution < 1.29 is 4.74 Å². The van der Waals surface area contributed by atoms with Crippen LogP contribution in [0.1, 0.15) is 89.5 Å². The van der Waals surface area contributed by atoms with Crippen LogP contribution in [0.15, 0.2) is 24.3 Å². The van der Waals surface area contributed by atoms with Gasteiger partial charge in [-0.3, -0.25) is 0 Å². The van der Waals surface area contributed by atoms with Crippen molar-refractivity contribution in [3.63, 3.8) is 0 Å². The molecule has 0 unspecified atom stereocenters. The molecule has 0 aromatic heterocycles. The monoisotopic (exact) mass is 300 g/mol. The van der Waals surface area contributed by atoms with Gasteiger partial charge in [0.05, 0.1) is 6.10 Å². The molecule has 0 saturated heterocycles. The van der Waals surface area contributed by atoms with Crippen LogP contribution in [0.3, 0.4) is 0 Å². The molecule has 22 heavy (non-hydrogen) atoms. The summed E-state index contributed by atoms with van der Waals surface area (Å²) >= 11 is 0. The third-order valence-electron chi connectivity index (χ3n) is 6.30. The van der Waals surface area contributed by atoms with Gasteiger partial charge in [-0.2, -0.15) is 0 Å². The van der Waals surface area contributed by atoms with Crippen LogP contribution in [0.25, 0.3) is 0 Å². The highest BCUT2D eigenvalue weighted by Crippen LogP contribution is 2.49. The molecule has 122 valence electrons. The molecule has 2 aliphatic rings. The molecule has 0 bridgehead atoms. The molecule has 0 atom stereocenters. The van der Waals surface area contributed by atoms with Crippen LogP contribution in [-0.4, -0.2) is 6.10 Å². The van der Waals surface area contributed by atoms with Gasteiger partial charge in [0.15, 0.2) is 0 Å². The first kappa shape index (κ1) is 15.9. The number of benzene rings is 1. The molecular formula is C21H32O. The van der Waals surface area contributed by atoms with Crippen LogP contribution < -0.4 is 4.74 Å².